The molecule has 5 heteroatoms. The molecule has 0 unspecified atom stereocenters. The van der Waals surface area contributed by atoms with Gasteiger partial charge in [-0.3, -0.25) is 0 Å². The van der Waals surface area contributed by atoms with Crippen LogP contribution in [-0.4, -0.2) is 43.1 Å². The van der Waals surface area contributed by atoms with E-state index in [0.717, 1.165) is 0 Å². The van der Waals surface area contributed by atoms with Gasteiger partial charge >= 0.3 is 153 Å². The molecule has 0 bridgehead atoms. The third kappa shape index (κ3) is 11.3. The molecule has 0 aromatic rings. The molecule has 0 fully saturated rings. The van der Waals surface area contributed by atoms with Crippen LogP contribution in [0.25, 0.3) is 0 Å². The summed E-state index contributed by atoms with van der Waals surface area (Å²) in [6, 6.07) is 0. The molecule has 0 aromatic carbocycles. The summed E-state index contributed by atoms with van der Waals surface area (Å²) >= 11 is 0.192. The van der Waals surface area contributed by atoms with Gasteiger partial charge in [-0.25, -0.2) is 0 Å². The molecule has 0 aliphatic rings. The van der Waals surface area contributed by atoms with E-state index in [1.807, 2.05) is 7.11 Å². The van der Waals surface area contributed by atoms with Crippen LogP contribution in [0.5, 0.6) is 0 Å². The molecule has 0 spiro atoms. The van der Waals surface area contributed by atoms with Crippen LogP contribution in [0.15, 0.2) is 0 Å². The second-order valence-electron chi connectivity index (χ2n) is 6.79. The summed E-state index contributed by atoms with van der Waals surface area (Å²) in [6.45, 7) is 11.7. The minimum absolute atomic E-state index is 1.31. The van der Waals surface area contributed by atoms with Gasteiger partial charge in [0.05, 0.1) is 0 Å². The molecule has 0 rings (SSSR count). The van der Waals surface area contributed by atoms with Crippen molar-refractivity contribution in [2.24, 2.45) is 0 Å². The Bertz CT molecular complexity index is 243. The second-order valence-corrected chi connectivity index (χ2v) is 34.5. The first-order valence-electron chi connectivity index (χ1n) is 9.28. The molecule has 134 valence electrons. The standard InChI is InChI=1S/C5H14OS2Si.3C4H9.Sn/c1-6-9(2,3)8-5-4-7;3*1-3-4-2;/h7H,4-5H2,1-3H3;3*1,3-4H2,2H3;/q;;;;+1/p-1. The normalized spacial score (nSPS) is 12.8. The third-order valence-electron chi connectivity index (χ3n) is 4.39. The zero-order valence-corrected chi connectivity index (χ0v) is 21.5. The average Bonchev–Trinajstić information content (AvgIpc) is 2.52. The second kappa shape index (κ2) is 13.9. The zero-order valence-electron chi connectivity index (χ0n) is 16.0. The molecule has 0 saturated heterocycles. The van der Waals surface area contributed by atoms with Gasteiger partial charge in [0.1, 0.15) is 0 Å². The van der Waals surface area contributed by atoms with Gasteiger partial charge in [0, 0.05) is 0 Å². The van der Waals surface area contributed by atoms with E-state index in [9.17, 15) is 0 Å². The molecule has 0 radical (unpaired) electrons. The van der Waals surface area contributed by atoms with Crippen molar-refractivity contribution >= 4 is 44.6 Å². The van der Waals surface area contributed by atoms with Gasteiger partial charge in [-0.2, -0.15) is 0 Å². The number of hydrogen-bond acceptors (Lipinski definition) is 3. The van der Waals surface area contributed by atoms with Gasteiger partial charge in [0.25, 0.3) is 0 Å². The van der Waals surface area contributed by atoms with Crippen molar-refractivity contribution in [3.05, 3.63) is 0 Å². The average molecular weight is 471 g/mol. The predicted octanol–water partition coefficient (Wildman–Crippen LogP) is 7.15. The van der Waals surface area contributed by atoms with Gasteiger partial charge < -0.3 is 0 Å². The van der Waals surface area contributed by atoms with Crippen molar-refractivity contribution in [3.8, 4) is 0 Å². The van der Waals surface area contributed by atoms with Gasteiger partial charge in [-0.1, -0.05) is 0 Å². The van der Waals surface area contributed by atoms with Crippen LogP contribution >= 0.6 is 20.2 Å². The van der Waals surface area contributed by atoms with Crippen LogP contribution in [0.3, 0.4) is 0 Å². The Morgan fingerprint density at radius 3 is 1.64 bits per heavy atom. The fourth-order valence-corrected chi connectivity index (χ4v) is 30.6. The SMILES string of the molecule is CCC[CH2][Sn]([CH2]CCC)([CH2]CCC)[S]CCS[Si](C)(C)OC. The van der Waals surface area contributed by atoms with Crippen molar-refractivity contribution in [1.29, 1.82) is 0 Å². The molecule has 22 heavy (non-hydrogen) atoms. The monoisotopic (exact) mass is 472 g/mol. The summed E-state index contributed by atoms with van der Waals surface area (Å²) in [6.07, 6.45) is 8.62. The van der Waals surface area contributed by atoms with Crippen molar-refractivity contribution in [1.82, 2.24) is 0 Å². The molecular weight excluding hydrogens is 431 g/mol. The molecule has 0 atom stereocenters. The molecular formula is C17H40OS2SiSn. The van der Waals surface area contributed by atoms with E-state index >= 15 is 0 Å². The molecule has 0 heterocycles. The van der Waals surface area contributed by atoms with Gasteiger partial charge in [-0.05, 0) is 0 Å². The van der Waals surface area contributed by atoms with Gasteiger partial charge in [0.2, 0.25) is 0 Å². The minimum atomic E-state index is -1.93. The first-order valence-corrected chi connectivity index (χ1v) is 24.4. The molecule has 0 saturated carbocycles. The number of unbranched alkanes of at least 4 members (excludes halogenated alkanes) is 3. The Morgan fingerprint density at radius 1 is 0.818 bits per heavy atom. The molecule has 1 nitrogen and oxygen atoms in total. The van der Waals surface area contributed by atoms with Crippen LogP contribution in [-0.2, 0) is 4.43 Å². The Hall–Kier alpha value is 1.68. The zero-order chi connectivity index (χ0) is 16.9. The van der Waals surface area contributed by atoms with E-state index in [2.05, 4.69) is 54.0 Å². The predicted molar refractivity (Wildman–Crippen MR) is 114 cm³/mol. The molecule has 0 aliphatic heterocycles. The van der Waals surface area contributed by atoms with Crippen molar-refractivity contribution in [2.45, 2.75) is 85.7 Å². The van der Waals surface area contributed by atoms with Crippen molar-refractivity contribution in [3.63, 3.8) is 0 Å². The fraction of sp³-hybridized carbons (Fsp3) is 1.00. The maximum absolute atomic E-state index is 5.67. The van der Waals surface area contributed by atoms with E-state index in [1.165, 1.54) is 50.0 Å². The van der Waals surface area contributed by atoms with Crippen molar-refractivity contribution in [2.75, 3.05) is 18.6 Å². The van der Waals surface area contributed by atoms with Crippen molar-refractivity contribution < 1.29 is 4.43 Å². The number of hydrogen-bond donors (Lipinski definition) is 0. The van der Waals surface area contributed by atoms with E-state index < -0.39 is 24.5 Å². The van der Waals surface area contributed by atoms with E-state index in [0.29, 0.717) is 0 Å². The quantitative estimate of drug-likeness (QED) is 0.186. The Morgan fingerprint density at radius 2 is 1.27 bits per heavy atom. The summed E-state index contributed by atoms with van der Waals surface area (Å²) < 4.78 is 10.6. The Labute approximate surface area is 152 Å². The Kier molecular flexibility index (Phi) is 15.0. The van der Waals surface area contributed by atoms with Crippen LogP contribution in [0.4, 0.5) is 0 Å². The van der Waals surface area contributed by atoms with E-state index in [4.69, 9.17) is 4.43 Å². The Balaban J connectivity index is 4.51. The van der Waals surface area contributed by atoms with Crippen LogP contribution in [0, 0.1) is 0 Å². The van der Waals surface area contributed by atoms with Crippen LogP contribution < -0.4 is 0 Å². The fourth-order valence-electron chi connectivity index (χ4n) is 2.69. The molecule has 0 aromatic heterocycles. The third-order valence-corrected chi connectivity index (χ3v) is 32.9. The first kappa shape index (κ1) is 23.7. The number of rotatable bonds is 15. The van der Waals surface area contributed by atoms with Crippen LogP contribution in [0.1, 0.15) is 59.3 Å². The summed E-state index contributed by atoms with van der Waals surface area (Å²) in [4.78, 5) is 0. The topological polar surface area (TPSA) is 9.23 Å². The molecule has 0 aliphatic carbocycles. The molecule has 0 N–H and O–H groups in total. The summed E-state index contributed by atoms with van der Waals surface area (Å²) in [5, 5.41) is 0. The van der Waals surface area contributed by atoms with Crippen LogP contribution in [0.2, 0.25) is 26.4 Å². The van der Waals surface area contributed by atoms with E-state index in [1.54, 1.807) is 13.3 Å². The summed E-state index contributed by atoms with van der Waals surface area (Å²) in [5.41, 5.74) is 0. The van der Waals surface area contributed by atoms with Gasteiger partial charge in [-0.15, -0.1) is 0 Å². The summed E-state index contributed by atoms with van der Waals surface area (Å²) in [7, 11) is 2.96. The van der Waals surface area contributed by atoms with E-state index in [-0.39, 0.29) is 0 Å². The molecule has 0 amide bonds. The van der Waals surface area contributed by atoms with Gasteiger partial charge in [0.15, 0.2) is 0 Å². The summed E-state index contributed by atoms with van der Waals surface area (Å²) in [5.74, 6) is 2.69. The maximum atomic E-state index is 5.67. The first-order chi connectivity index (χ1) is 10.4.